The highest BCUT2D eigenvalue weighted by molar-refractivity contribution is 6.33. The summed E-state index contributed by atoms with van der Waals surface area (Å²) in [7, 11) is 1.61. The van der Waals surface area contributed by atoms with Gasteiger partial charge in [-0.25, -0.2) is 24.0 Å². The third kappa shape index (κ3) is 8.37. The van der Waals surface area contributed by atoms with Crippen LogP contribution in [0.3, 0.4) is 0 Å². The Hall–Kier alpha value is -6.40. The molecule has 1 atom stereocenters. The molecule has 6 aromatic rings. The molecule has 0 aliphatic carbocycles. The molecule has 0 radical (unpaired) electrons. The zero-order valence-electron chi connectivity index (χ0n) is 32.9. The van der Waals surface area contributed by atoms with Crippen LogP contribution in [0.1, 0.15) is 72.8 Å². The molecule has 318 valence electrons. The highest BCUT2D eigenvalue weighted by atomic mass is 35.5. The minimum Gasteiger partial charge on any atom is -0.382 e. The molecule has 1 aliphatic rings. The number of aryl methyl sites for hydroxylation is 1. The second-order valence-corrected chi connectivity index (χ2v) is 16.0. The van der Waals surface area contributed by atoms with Crippen molar-refractivity contribution in [1.29, 1.82) is 5.26 Å². The summed E-state index contributed by atoms with van der Waals surface area (Å²) in [6.45, 7) is 2.27. The van der Waals surface area contributed by atoms with Gasteiger partial charge in [-0.3, -0.25) is 19.0 Å². The highest BCUT2D eigenvalue weighted by Crippen LogP contribution is 2.37. The van der Waals surface area contributed by atoms with Gasteiger partial charge in [0, 0.05) is 49.7 Å². The van der Waals surface area contributed by atoms with Gasteiger partial charge in [-0.2, -0.15) is 42.5 Å². The minimum absolute atomic E-state index is 0.0156. The summed E-state index contributed by atoms with van der Waals surface area (Å²) in [5.74, 6) is -2.71. The third-order valence-corrected chi connectivity index (χ3v) is 10.3. The first-order valence-corrected chi connectivity index (χ1v) is 18.8. The maximum absolute atomic E-state index is 15.9. The number of nitrogens with one attached hydrogen (secondary N) is 1. The summed E-state index contributed by atoms with van der Waals surface area (Å²) in [5.41, 5.74) is -2.97. The molecule has 2 N–H and O–H groups in total. The van der Waals surface area contributed by atoms with Crippen molar-refractivity contribution in [2.75, 3.05) is 6.54 Å². The fraction of sp³-hybridized carbons (Fsp3) is 0.359. The van der Waals surface area contributed by atoms with E-state index in [-0.39, 0.29) is 81.6 Å². The highest BCUT2D eigenvalue weighted by Gasteiger charge is 2.40. The van der Waals surface area contributed by atoms with Crippen LogP contribution in [0.25, 0.3) is 33.5 Å². The van der Waals surface area contributed by atoms with Crippen molar-refractivity contribution in [3.63, 3.8) is 0 Å². The fourth-order valence-electron chi connectivity index (χ4n) is 7.20. The number of pyridine rings is 1. The molecular formula is C39H35ClF6N12O3. The number of halogens is 7. The van der Waals surface area contributed by atoms with Crippen molar-refractivity contribution in [1.82, 2.24) is 54.5 Å². The number of hydrogen-bond donors (Lipinski definition) is 2. The molecule has 1 aliphatic heterocycles. The normalized spacial score (nSPS) is 14.1. The van der Waals surface area contributed by atoms with Crippen LogP contribution in [0, 0.1) is 17.1 Å². The SMILES string of the molecule is Cn1nc(Cl)c2nc(-c3ccc(F)c4c3CCN([C@H](Cc3cnn(C(F)F)c3)C(=O)NC(C)(C)Cn3nc(C(F)(F)F)cc3-c3cnc(C(C)(C)O)nc3)C4=O)c(C#N)cc21. The lowest BCUT2D eigenvalue weighted by Crippen LogP contribution is -2.58. The number of carbonyl (C=O) groups is 2. The summed E-state index contributed by atoms with van der Waals surface area (Å²) < 4.78 is 87.7. The van der Waals surface area contributed by atoms with Crippen molar-refractivity contribution < 1.29 is 41.0 Å². The molecule has 0 fully saturated rings. The number of carbonyl (C=O) groups excluding carboxylic acids is 2. The Morgan fingerprint density at radius 1 is 1.08 bits per heavy atom. The van der Waals surface area contributed by atoms with E-state index >= 15 is 4.39 Å². The molecule has 0 spiro atoms. The van der Waals surface area contributed by atoms with E-state index in [1.54, 1.807) is 7.05 Å². The molecule has 0 saturated carbocycles. The number of nitrogens with zero attached hydrogens (tertiary/aromatic N) is 11. The Kier molecular flexibility index (Phi) is 10.9. The number of aromatic nitrogens is 9. The zero-order valence-corrected chi connectivity index (χ0v) is 33.7. The quantitative estimate of drug-likeness (QED) is 0.147. The van der Waals surface area contributed by atoms with Crippen LogP contribution in [0.15, 0.2) is 49.1 Å². The number of fused-ring (bicyclic) bond motifs is 2. The van der Waals surface area contributed by atoms with E-state index in [0.29, 0.717) is 10.2 Å². The van der Waals surface area contributed by atoms with Gasteiger partial charge in [0.1, 0.15) is 29.0 Å². The second kappa shape index (κ2) is 15.6. The van der Waals surface area contributed by atoms with E-state index < -0.39 is 58.8 Å². The minimum atomic E-state index is -4.86. The second-order valence-electron chi connectivity index (χ2n) is 15.6. The topological polar surface area (TPSA) is 186 Å². The number of nitriles is 1. The van der Waals surface area contributed by atoms with Crippen molar-refractivity contribution in [2.24, 2.45) is 7.05 Å². The molecule has 22 heteroatoms. The number of alkyl halides is 5. The average Bonchev–Trinajstić information content (AvgIpc) is 3.90. The Morgan fingerprint density at radius 2 is 1.79 bits per heavy atom. The summed E-state index contributed by atoms with van der Waals surface area (Å²) in [6.07, 6.45) is -0.747. The maximum atomic E-state index is 15.9. The number of benzene rings is 1. The molecule has 15 nitrogen and oxygen atoms in total. The Balaban J connectivity index is 1.23. The van der Waals surface area contributed by atoms with E-state index in [9.17, 15) is 41.9 Å². The Morgan fingerprint density at radius 3 is 2.41 bits per heavy atom. The molecule has 6 heterocycles. The summed E-state index contributed by atoms with van der Waals surface area (Å²) in [4.78, 5) is 42.7. The molecule has 2 amide bonds. The molecule has 1 aromatic carbocycles. The average molecular weight is 869 g/mol. The lowest BCUT2D eigenvalue weighted by Gasteiger charge is -2.37. The first-order valence-electron chi connectivity index (χ1n) is 18.5. The van der Waals surface area contributed by atoms with E-state index in [0.717, 1.165) is 34.1 Å². The summed E-state index contributed by atoms with van der Waals surface area (Å²) >= 11 is 6.31. The Bertz CT molecular complexity index is 2730. The lowest BCUT2D eigenvalue weighted by atomic mass is 9.89. The van der Waals surface area contributed by atoms with E-state index in [2.05, 4.69) is 41.6 Å². The van der Waals surface area contributed by atoms with Crippen LogP contribution in [-0.4, -0.2) is 84.2 Å². The van der Waals surface area contributed by atoms with Gasteiger partial charge in [0.25, 0.3) is 5.91 Å². The van der Waals surface area contributed by atoms with E-state index in [4.69, 9.17) is 11.6 Å². The predicted molar refractivity (Wildman–Crippen MR) is 205 cm³/mol. The van der Waals surface area contributed by atoms with Gasteiger partial charge in [-0.15, -0.1) is 0 Å². The van der Waals surface area contributed by atoms with E-state index in [1.165, 1.54) is 56.9 Å². The predicted octanol–water partition coefficient (Wildman–Crippen LogP) is 6.00. The third-order valence-electron chi connectivity index (χ3n) is 10.0. The number of rotatable bonds is 11. The van der Waals surface area contributed by atoms with Gasteiger partial charge in [0.15, 0.2) is 16.7 Å². The van der Waals surface area contributed by atoms with Gasteiger partial charge in [-0.05, 0) is 69.5 Å². The van der Waals surface area contributed by atoms with Crippen LogP contribution in [0.2, 0.25) is 5.15 Å². The van der Waals surface area contributed by atoms with Crippen LogP contribution >= 0.6 is 11.6 Å². The standard InChI is InChI=1S/C39H35ClF6N12O3/c1-37(2,18-58-25(12-28(53-58)39(44,45)46)21-15-48-35(49-16-21)38(3,4)61)52-33(59)27(10-19-14-50-57(17-19)36(42)43)56-9-8-22-23(6-7-24(41)29(22)34(56)60)30-20(13-47)11-26-31(51-30)32(40)54-55(26)5/h6-7,11-12,14-17,27,36,61H,8-10,18H2,1-5H3,(H,52,59)/t27-/m1/s1. The van der Waals surface area contributed by atoms with Gasteiger partial charge in [0.2, 0.25) is 5.91 Å². The fourth-order valence-corrected chi connectivity index (χ4v) is 7.46. The van der Waals surface area contributed by atoms with Gasteiger partial charge in [-0.1, -0.05) is 11.6 Å². The molecule has 0 saturated heterocycles. The van der Waals surface area contributed by atoms with Crippen LogP contribution < -0.4 is 5.32 Å². The first-order chi connectivity index (χ1) is 28.6. The van der Waals surface area contributed by atoms with Crippen LogP contribution in [0.5, 0.6) is 0 Å². The molecule has 5 aromatic heterocycles. The van der Waals surface area contributed by atoms with Crippen molar-refractivity contribution >= 4 is 34.4 Å². The summed E-state index contributed by atoms with van der Waals surface area (Å²) in [6, 6.07) is 5.30. The molecule has 0 bridgehead atoms. The smallest absolute Gasteiger partial charge is 0.382 e. The molecular weight excluding hydrogens is 834 g/mol. The molecule has 0 unspecified atom stereocenters. The molecule has 7 rings (SSSR count). The van der Waals surface area contributed by atoms with Gasteiger partial charge < -0.3 is 15.3 Å². The monoisotopic (exact) mass is 868 g/mol. The van der Waals surface area contributed by atoms with Crippen LogP contribution in [-0.2, 0) is 43.0 Å². The largest absolute Gasteiger partial charge is 0.435 e. The van der Waals surface area contributed by atoms with Crippen molar-refractivity contribution in [3.8, 4) is 28.6 Å². The number of hydrogen-bond acceptors (Lipinski definition) is 10. The van der Waals surface area contributed by atoms with Crippen LogP contribution in [0.4, 0.5) is 26.3 Å². The summed E-state index contributed by atoms with van der Waals surface area (Å²) in [5, 5.41) is 34.7. The maximum Gasteiger partial charge on any atom is 0.435 e. The zero-order chi connectivity index (χ0) is 44.3. The van der Waals surface area contributed by atoms with Gasteiger partial charge >= 0.3 is 12.7 Å². The lowest BCUT2D eigenvalue weighted by molar-refractivity contribution is -0.141. The van der Waals surface area contributed by atoms with Crippen molar-refractivity contribution in [2.45, 2.75) is 77.0 Å². The van der Waals surface area contributed by atoms with Crippen molar-refractivity contribution in [3.05, 3.63) is 93.8 Å². The Labute approximate surface area is 347 Å². The first kappa shape index (κ1) is 42.7. The molecule has 61 heavy (non-hydrogen) atoms. The number of aliphatic hydroxyl groups is 1. The van der Waals surface area contributed by atoms with Gasteiger partial charge in [0.05, 0.1) is 46.3 Å². The number of amides is 2. The van der Waals surface area contributed by atoms with E-state index in [1.807, 2.05) is 0 Å².